The summed E-state index contributed by atoms with van der Waals surface area (Å²) in [7, 11) is -3.12. The lowest BCUT2D eigenvalue weighted by atomic mass is 10.1. The summed E-state index contributed by atoms with van der Waals surface area (Å²) in [5, 5.41) is 3.09. The molecule has 1 saturated heterocycles. The topological polar surface area (TPSA) is 75.2 Å². The molecule has 2 aromatic rings. The molecule has 0 aliphatic carbocycles. The molecule has 0 atom stereocenters. The maximum atomic E-state index is 11.2. The van der Waals surface area contributed by atoms with Crippen LogP contribution in [-0.2, 0) is 10.0 Å². The van der Waals surface area contributed by atoms with Gasteiger partial charge in [-0.05, 0) is 24.3 Å². The van der Waals surface area contributed by atoms with Crippen molar-refractivity contribution in [3.8, 4) is 0 Å². The summed E-state index contributed by atoms with van der Waals surface area (Å²) >= 11 is 1.60. The third-order valence-corrected chi connectivity index (χ3v) is 5.00. The first-order chi connectivity index (χ1) is 9.53. The van der Waals surface area contributed by atoms with Gasteiger partial charge in [-0.1, -0.05) is 0 Å². The van der Waals surface area contributed by atoms with Gasteiger partial charge in [0.25, 0.3) is 0 Å². The minimum Gasteiger partial charge on any atom is -0.356 e. The number of nitrogens with zero attached hydrogens (tertiary/aromatic N) is 3. The minimum atomic E-state index is -3.12. The standard InChI is InChI=1S/C12H16N4O2S2/c1-20(17,18)15-9-2-5-16(6-3-9)11-10-4-7-19-12(10)14-8-13-11/h4,7-9,15H,2-3,5-6H2,1H3. The van der Waals surface area contributed by atoms with Crippen LogP contribution in [0.4, 0.5) is 5.82 Å². The molecule has 0 saturated carbocycles. The Hall–Kier alpha value is -1.25. The highest BCUT2D eigenvalue weighted by Gasteiger charge is 2.23. The van der Waals surface area contributed by atoms with Crippen molar-refractivity contribution in [1.82, 2.24) is 14.7 Å². The molecule has 3 rings (SSSR count). The Kier molecular flexibility index (Phi) is 3.61. The van der Waals surface area contributed by atoms with Crippen molar-refractivity contribution >= 4 is 37.4 Å². The summed E-state index contributed by atoms with van der Waals surface area (Å²) in [5.41, 5.74) is 0. The van der Waals surface area contributed by atoms with Crippen LogP contribution in [0.2, 0.25) is 0 Å². The Morgan fingerprint density at radius 1 is 1.35 bits per heavy atom. The smallest absolute Gasteiger partial charge is 0.208 e. The van der Waals surface area contributed by atoms with Gasteiger partial charge in [-0.25, -0.2) is 23.1 Å². The number of aromatic nitrogens is 2. The zero-order valence-corrected chi connectivity index (χ0v) is 12.7. The molecule has 20 heavy (non-hydrogen) atoms. The molecular formula is C12H16N4O2S2. The van der Waals surface area contributed by atoms with Gasteiger partial charge in [-0.15, -0.1) is 11.3 Å². The van der Waals surface area contributed by atoms with Crippen LogP contribution in [0.15, 0.2) is 17.8 Å². The van der Waals surface area contributed by atoms with Crippen LogP contribution < -0.4 is 9.62 Å². The van der Waals surface area contributed by atoms with Crippen LogP contribution in [0.1, 0.15) is 12.8 Å². The molecule has 6 nitrogen and oxygen atoms in total. The number of nitrogens with one attached hydrogen (secondary N) is 1. The van der Waals surface area contributed by atoms with E-state index in [1.807, 2.05) is 11.4 Å². The summed E-state index contributed by atoms with van der Waals surface area (Å²) in [6, 6.07) is 2.07. The third-order valence-electron chi connectivity index (χ3n) is 3.42. The van der Waals surface area contributed by atoms with Crippen LogP contribution in [0.3, 0.4) is 0 Å². The first kappa shape index (κ1) is 13.7. The number of piperidine rings is 1. The van der Waals surface area contributed by atoms with E-state index < -0.39 is 10.0 Å². The van der Waals surface area contributed by atoms with Gasteiger partial charge in [0, 0.05) is 19.1 Å². The summed E-state index contributed by atoms with van der Waals surface area (Å²) in [6.45, 7) is 1.60. The highest BCUT2D eigenvalue weighted by molar-refractivity contribution is 7.88. The number of hydrogen-bond acceptors (Lipinski definition) is 6. The summed E-state index contributed by atoms with van der Waals surface area (Å²) in [5.74, 6) is 0.953. The minimum absolute atomic E-state index is 0.0288. The number of anilines is 1. The number of hydrogen-bond donors (Lipinski definition) is 1. The van der Waals surface area contributed by atoms with E-state index in [0.29, 0.717) is 0 Å². The van der Waals surface area contributed by atoms with E-state index in [1.165, 1.54) is 6.26 Å². The van der Waals surface area contributed by atoms with Crippen LogP contribution in [0, 0.1) is 0 Å². The molecule has 8 heteroatoms. The molecular weight excluding hydrogens is 296 g/mol. The highest BCUT2D eigenvalue weighted by atomic mass is 32.2. The fourth-order valence-corrected chi connectivity index (χ4v) is 4.11. The van der Waals surface area contributed by atoms with Crippen molar-refractivity contribution in [3.63, 3.8) is 0 Å². The quantitative estimate of drug-likeness (QED) is 0.922. The Labute approximate surface area is 121 Å². The lowest BCUT2D eigenvalue weighted by Gasteiger charge is -2.32. The average molecular weight is 312 g/mol. The van der Waals surface area contributed by atoms with Gasteiger partial charge >= 0.3 is 0 Å². The number of fused-ring (bicyclic) bond motifs is 1. The second-order valence-corrected chi connectivity index (χ2v) is 7.66. The normalized spacial score (nSPS) is 17.8. The Morgan fingerprint density at radius 2 is 2.10 bits per heavy atom. The van der Waals surface area contributed by atoms with E-state index in [1.54, 1.807) is 17.7 Å². The predicted octanol–water partition coefficient (Wildman–Crippen LogP) is 1.21. The Bertz CT molecular complexity index is 705. The SMILES string of the molecule is CS(=O)(=O)NC1CCN(c2ncnc3sccc23)CC1. The zero-order chi connectivity index (χ0) is 14.2. The molecule has 0 amide bonds. The predicted molar refractivity (Wildman–Crippen MR) is 80.6 cm³/mol. The maximum Gasteiger partial charge on any atom is 0.208 e. The molecule has 0 aromatic carbocycles. The zero-order valence-electron chi connectivity index (χ0n) is 11.1. The second-order valence-electron chi connectivity index (χ2n) is 4.99. The first-order valence-electron chi connectivity index (χ1n) is 6.43. The fourth-order valence-electron chi connectivity index (χ4n) is 2.54. The molecule has 0 spiro atoms. The van der Waals surface area contributed by atoms with Gasteiger partial charge in [-0.2, -0.15) is 0 Å². The van der Waals surface area contributed by atoms with E-state index >= 15 is 0 Å². The number of rotatable bonds is 3. The van der Waals surface area contributed by atoms with Crippen molar-refractivity contribution in [2.75, 3.05) is 24.2 Å². The van der Waals surface area contributed by atoms with E-state index in [0.717, 1.165) is 42.0 Å². The molecule has 0 bridgehead atoms. The van der Waals surface area contributed by atoms with Gasteiger partial charge in [0.05, 0.1) is 11.6 Å². The summed E-state index contributed by atoms with van der Waals surface area (Å²) < 4.78 is 25.2. The largest absolute Gasteiger partial charge is 0.356 e. The third kappa shape index (κ3) is 2.92. The van der Waals surface area contributed by atoms with Crippen molar-refractivity contribution in [3.05, 3.63) is 17.8 Å². The van der Waals surface area contributed by atoms with Crippen molar-refractivity contribution in [2.24, 2.45) is 0 Å². The number of sulfonamides is 1. The fraction of sp³-hybridized carbons (Fsp3) is 0.500. The highest BCUT2D eigenvalue weighted by Crippen LogP contribution is 2.28. The molecule has 2 aromatic heterocycles. The summed E-state index contributed by atoms with van der Waals surface area (Å²) in [6.07, 6.45) is 4.39. The number of thiophene rings is 1. The van der Waals surface area contributed by atoms with Gasteiger partial charge < -0.3 is 4.90 Å². The van der Waals surface area contributed by atoms with Crippen LogP contribution in [-0.4, -0.2) is 43.8 Å². The van der Waals surface area contributed by atoms with E-state index in [4.69, 9.17) is 0 Å². The van der Waals surface area contributed by atoms with Gasteiger partial charge in [0.15, 0.2) is 0 Å². The molecule has 1 aliphatic heterocycles. The van der Waals surface area contributed by atoms with Gasteiger partial charge in [-0.3, -0.25) is 0 Å². The Morgan fingerprint density at radius 3 is 2.80 bits per heavy atom. The lowest BCUT2D eigenvalue weighted by molar-refractivity contribution is 0.460. The van der Waals surface area contributed by atoms with Crippen LogP contribution in [0.25, 0.3) is 10.2 Å². The summed E-state index contributed by atoms with van der Waals surface area (Å²) in [4.78, 5) is 11.8. The molecule has 108 valence electrons. The van der Waals surface area contributed by atoms with Crippen LogP contribution >= 0.6 is 11.3 Å². The molecule has 0 radical (unpaired) electrons. The molecule has 1 N–H and O–H groups in total. The lowest BCUT2D eigenvalue weighted by Crippen LogP contribution is -2.44. The second kappa shape index (κ2) is 5.27. The molecule has 0 unspecified atom stereocenters. The van der Waals surface area contributed by atoms with Gasteiger partial charge in [0.1, 0.15) is 17.0 Å². The molecule has 1 aliphatic rings. The average Bonchev–Trinajstić information content (AvgIpc) is 2.86. The Balaban J connectivity index is 1.74. The van der Waals surface area contributed by atoms with Crippen molar-refractivity contribution < 1.29 is 8.42 Å². The van der Waals surface area contributed by atoms with E-state index in [2.05, 4.69) is 19.6 Å². The van der Waals surface area contributed by atoms with Crippen LogP contribution in [0.5, 0.6) is 0 Å². The van der Waals surface area contributed by atoms with Crippen molar-refractivity contribution in [2.45, 2.75) is 18.9 Å². The van der Waals surface area contributed by atoms with E-state index in [9.17, 15) is 8.42 Å². The molecule has 1 fully saturated rings. The van der Waals surface area contributed by atoms with Gasteiger partial charge in [0.2, 0.25) is 10.0 Å². The molecule has 3 heterocycles. The maximum absolute atomic E-state index is 11.2. The van der Waals surface area contributed by atoms with E-state index in [-0.39, 0.29) is 6.04 Å². The first-order valence-corrected chi connectivity index (χ1v) is 9.20. The van der Waals surface area contributed by atoms with Crippen molar-refractivity contribution in [1.29, 1.82) is 0 Å². The monoisotopic (exact) mass is 312 g/mol.